The van der Waals surface area contributed by atoms with Gasteiger partial charge in [-0.15, -0.1) is 0 Å². The monoisotopic (exact) mass is 256 g/mol. The highest BCUT2D eigenvalue weighted by molar-refractivity contribution is 5.80. The van der Waals surface area contributed by atoms with Gasteiger partial charge in [0, 0.05) is 12.1 Å². The van der Waals surface area contributed by atoms with Gasteiger partial charge >= 0.3 is 12.0 Å². The lowest BCUT2D eigenvalue weighted by atomic mass is 10.2. The summed E-state index contributed by atoms with van der Waals surface area (Å²) in [6, 6.07) is -0.0439. The van der Waals surface area contributed by atoms with Gasteiger partial charge in [0.05, 0.1) is 0 Å². The summed E-state index contributed by atoms with van der Waals surface area (Å²) in [6.45, 7) is 5.72. The molecule has 18 heavy (non-hydrogen) atoms. The highest BCUT2D eigenvalue weighted by atomic mass is 16.4. The Kier molecular flexibility index (Phi) is 5.44. The van der Waals surface area contributed by atoms with Crippen LogP contribution in [-0.2, 0) is 4.79 Å². The van der Waals surface area contributed by atoms with Gasteiger partial charge in [-0.1, -0.05) is 20.3 Å². The van der Waals surface area contributed by atoms with Crippen LogP contribution in [0, 0.1) is 5.92 Å². The first-order valence-corrected chi connectivity index (χ1v) is 6.78. The number of carbonyl (C=O) groups is 2. The van der Waals surface area contributed by atoms with Gasteiger partial charge < -0.3 is 15.3 Å². The molecule has 0 heterocycles. The average Bonchev–Trinajstić information content (AvgIpc) is 3.03. The Labute approximate surface area is 109 Å². The standard InChI is InChI=1S/C13H24N2O3/c1-4-6-10-7-11(10)14-13(18)15(8-12(16)17)9(3)5-2/h9-11H,4-8H2,1-3H3,(H,14,18)(H,16,17). The molecule has 3 unspecified atom stereocenters. The minimum absolute atomic E-state index is 0.0514. The van der Waals surface area contributed by atoms with Gasteiger partial charge in [-0.2, -0.15) is 0 Å². The molecule has 0 aromatic rings. The largest absolute Gasteiger partial charge is 0.480 e. The van der Waals surface area contributed by atoms with Crippen molar-refractivity contribution in [3.8, 4) is 0 Å². The SMILES string of the molecule is CCCC1CC1NC(=O)N(CC(=O)O)C(C)CC. The number of carbonyl (C=O) groups excluding carboxylic acids is 1. The van der Waals surface area contributed by atoms with Crippen LogP contribution >= 0.6 is 0 Å². The fourth-order valence-corrected chi connectivity index (χ4v) is 2.15. The Morgan fingerprint density at radius 2 is 2.11 bits per heavy atom. The highest BCUT2D eigenvalue weighted by Crippen LogP contribution is 2.34. The fourth-order valence-electron chi connectivity index (χ4n) is 2.15. The van der Waals surface area contributed by atoms with Crippen molar-refractivity contribution in [1.82, 2.24) is 10.2 Å². The van der Waals surface area contributed by atoms with Gasteiger partial charge in [0.1, 0.15) is 6.54 Å². The topological polar surface area (TPSA) is 69.6 Å². The number of urea groups is 1. The minimum atomic E-state index is -0.966. The molecule has 5 nitrogen and oxygen atoms in total. The van der Waals surface area contributed by atoms with Crippen LogP contribution in [0.25, 0.3) is 0 Å². The molecular weight excluding hydrogens is 232 g/mol. The maximum absolute atomic E-state index is 12.0. The zero-order valence-corrected chi connectivity index (χ0v) is 11.5. The number of carboxylic acid groups (broad SMARTS) is 1. The van der Waals surface area contributed by atoms with Crippen molar-refractivity contribution in [2.24, 2.45) is 5.92 Å². The lowest BCUT2D eigenvalue weighted by Crippen LogP contribution is -2.48. The zero-order valence-electron chi connectivity index (χ0n) is 11.5. The second-order valence-corrected chi connectivity index (χ2v) is 5.12. The van der Waals surface area contributed by atoms with E-state index in [-0.39, 0.29) is 24.7 Å². The summed E-state index contributed by atoms with van der Waals surface area (Å²) in [5.74, 6) is -0.381. The van der Waals surface area contributed by atoms with E-state index < -0.39 is 5.97 Å². The second kappa shape index (κ2) is 6.61. The summed E-state index contributed by atoms with van der Waals surface area (Å²) >= 11 is 0. The van der Waals surface area contributed by atoms with Crippen molar-refractivity contribution in [2.75, 3.05) is 6.54 Å². The van der Waals surface area contributed by atoms with Crippen molar-refractivity contribution in [3.63, 3.8) is 0 Å². The number of carboxylic acids is 1. The number of hydrogen-bond acceptors (Lipinski definition) is 2. The predicted molar refractivity (Wildman–Crippen MR) is 69.4 cm³/mol. The summed E-state index contributed by atoms with van der Waals surface area (Å²) in [5, 5.41) is 11.8. The molecule has 0 aliphatic heterocycles. The van der Waals surface area contributed by atoms with Crippen LogP contribution in [0.3, 0.4) is 0 Å². The third-order valence-electron chi connectivity index (χ3n) is 3.58. The van der Waals surface area contributed by atoms with Crippen LogP contribution in [0.2, 0.25) is 0 Å². The number of amides is 2. The van der Waals surface area contributed by atoms with E-state index in [0.29, 0.717) is 5.92 Å². The number of nitrogens with one attached hydrogen (secondary N) is 1. The van der Waals surface area contributed by atoms with Crippen LogP contribution < -0.4 is 5.32 Å². The Morgan fingerprint density at radius 1 is 1.44 bits per heavy atom. The molecule has 104 valence electrons. The van der Waals surface area contributed by atoms with Gasteiger partial charge in [-0.3, -0.25) is 4.79 Å². The Hall–Kier alpha value is -1.26. The normalized spacial score (nSPS) is 23.3. The molecule has 0 aromatic heterocycles. The van der Waals surface area contributed by atoms with Crippen LogP contribution in [0.5, 0.6) is 0 Å². The fraction of sp³-hybridized carbons (Fsp3) is 0.846. The molecule has 1 saturated carbocycles. The first-order valence-electron chi connectivity index (χ1n) is 6.78. The number of aliphatic carboxylic acids is 1. The maximum atomic E-state index is 12.0. The predicted octanol–water partition coefficient (Wildman–Crippen LogP) is 2.07. The lowest BCUT2D eigenvalue weighted by Gasteiger charge is -2.27. The van der Waals surface area contributed by atoms with E-state index in [2.05, 4.69) is 12.2 Å². The van der Waals surface area contributed by atoms with Crippen molar-refractivity contribution < 1.29 is 14.7 Å². The van der Waals surface area contributed by atoms with Crippen molar-refractivity contribution >= 4 is 12.0 Å². The van der Waals surface area contributed by atoms with Gasteiger partial charge in [-0.25, -0.2) is 4.79 Å². The van der Waals surface area contributed by atoms with Crippen LogP contribution in [0.4, 0.5) is 4.79 Å². The van der Waals surface area contributed by atoms with Gasteiger partial charge in [0.2, 0.25) is 0 Å². The third-order valence-corrected chi connectivity index (χ3v) is 3.58. The van der Waals surface area contributed by atoms with Crippen LogP contribution in [-0.4, -0.2) is 40.6 Å². The molecule has 0 saturated heterocycles. The van der Waals surface area contributed by atoms with Gasteiger partial charge in [-0.05, 0) is 32.1 Å². The summed E-state index contributed by atoms with van der Waals surface area (Å²) in [5.41, 5.74) is 0. The quantitative estimate of drug-likeness (QED) is 0.732. The van der Waals surface area contributed by atoms with E-state index in [1.807, 2.05) is 13.8 Å². The molecule has 1 fully saturated rings. The molecular formula is C13H24N2O3. The van der Waals surface area contributed by atoms with E-state index in [9.17, 15) is 9.59 Å². The third kappa shape index (κ3) is 4.20. The number of hydrogen-bond donors (Lipinski definition) is 2. The first kappa shape index (κ1) is 14.8. The molecule has 5 heteroatoms. The van der Waals surface area contributed by atoms with Crippen molar-refractivity contribution in [3.05, 3.63) is 0 Å². The molecule has 2 N–H and O–H groups in total. The summed E-state index contributed by atoms with van der Waals surface area (Å²) in [6.07, 6.45) is 4.04. The number of rotatable bonds is 7. The average molecular weight is 256 g/mol. The zero-order chi connectivity index (χ0) is 13.7. The maximum Gasteiger partial charge on any atom is 0.323 e. The molecule has 0 spiro atoms. The smallest absolute Gasteiger partial charge is 0.323 e. The second-order valence-electron chi connectivity index (χ2n) is 5.12. The van der Waals surface area contributed by atoms with Crippen LogP contribution in [0.1, 0.15) is 46.5 Å². The van der Waals surface area contributed by atoms with E-state index in [1.54, 1.807) is 0 Å². The van der Waals surface area contributed by atoms with E-state index >= 15 is 0 Å². The van der Waals surface area contributed by atoms with Crippen LogP contribution in [0.15, 0.2) is 0 Å². The van der Waals surface area contributed by atoms with Gasteiger partial charge in [0.25, 0.3) is 0 Å². The minimum Gasteiger partial charge on any atom is -0.480 e. The molecule has 0 bridgehead atoms. The van der Waals surface area contributed by atoms with E-state index in [0.717, 1.165) is 25.7 Å². The summed E-state index contributed by atoms with van der Waals surface area (Å²) in [4.78, 5) is 24.2. The van der Waals surface area contributed by atoms with E-state index in [4.69, 9.17) is 5.11 Å². The van der Waals surface area contributed by atoms with E-state index in [1.165, 1.54) is 4.90 Å². The Balaban J connectivity index is 2.47. The molecule has 1 aliphatic carbocycles. The van der Waals surface area contributed by atoms with Crippen molar-refractivity contribution in [1.29, 1.82) is 0 Å². The summed E-state index contributed by atoms with van der Waals surface area (Å²) in [7, 11) is 0. The highest BCUT2D eigenvalue weighted by Gasteiger charge is 2.38. The first-order chi connectivity index (χ1) is 8.49. The molecule has 2 amide bonds. The molecule has 3 atom stereocenters. The van der Waals surface area contributed by atoms with Crippen molar-refractivity contribution in [2.45, 2.75) is 58.5 Å². The summed E-state index contributed by atoms with van der Waals surface area (Å²) < 4.78 is 0. The van der Waals surface area contributed by atoms with Gasteiger partial charge in [0.15, 0.2) is 0 Å². The lowest BCUT2D eigenvalue weighted by molar-refractivity contribution is -0.138. The molecule has 0 radical (unpaired) electrons. The molecule has 1 rings (SSSR count). The Bertz CT molecular complexity index is 307. The molecule has 1 aliphatic rings. The Morgan fingerprint density at radius 3 is 2.61 bits per heavy atom. The molecule has 0 aromatic carbocycles. The number of nitrogens with zero attached hydrogens (tertiary/aromatic N) is 1.